The molecule has 34 heavy (non-hydrogen) atoms. The van der Waals surface area contributed by atoms with Crippen molar-refractivity contribution in [2.24, 2.45) is 51.2 Å². The summed E-state index contributed by atoms with van der Waals surface area (Å²) in [5.74, 6) is -0.935. The van der Waals surface area contributed by atoms with Gasteiger partial charge in [-0.3, -0.25) is 14.4 Å². The molecule has 0 aliphatic heterocycles. The van der Waals surface area contributed by atoms with Gasteiger partial charge in [0.05, 0.1) is 11.0 Å². The lowest BCUT2D eigenvalue weighted by Gasteiger charge is -2.67. The van der Waals surface area contributed by atoms with E-state index in [2.05, 4.69) is 33.8 Å². The summed E-state index contributed by atoms with van der Waals surface area (Å²) in [7, 11) is 0. The normalized spacial score (nSPS) is 49.9. The van der Waals surface area contributed by atoms with Crippen molar-refractivity contribution >= 4 is 17.5 Å². The van der Waals surface area contributed by atoms with Crippen molar-refractivity contribution in [3.8, 4) is 6.07 Å². The lowest BCUT2D eigenvalue weighted by atomic mass is 9.35. The Morgan fingerprint density at radius 2 is 1.76 bits per heavy atom. The number of fused-ring (bicyclic) bond motifs is 7. The lowest BCUT2D eigenvalue weighted by molar-refractivity contribution is -0.184. The van der Waals surface area contributed by atoms with E-state index in [4.69, 9.17) is 0 Å². The minimum atomic E-state index is -0.797. The lowest BCUT2D eigenvalue weighted by Crippen LogP contribution is -2.64. The van der Waals surface area contributed by atoms with E-state index in [0.29, 0.717) is 18.8 Å². The van der Waals surface area contributed by atoms with Gasteiger partial charge in [0.1, 0.15) is 6.07 Å². The van der Waals surface area contributed by atoms with Gasteiger partial charge in [-0.1, -0.05) is 46.3 Å². The molecule has 9 atom stereocenters. The molecule has 5 aliphatic rings. The fourth-order valence-electron chi connectivity index (χ4n) is 9.47. The average molecular weight is 464 g/mol. The zero-order chi connectivity index (χ0) is 24.8. The van der Waals surface area contributed by atoms with Gasteiger partial charge >= 0.3 is 5.97 Å². The van der Waals surface area contributed by atoms with Gasteiger partial charge in [-0.25, -0.2) is 0 Å². The number of nitrogens with zero attached hydrogens (tertiary/aromatic N) is 1. The predicted octanol–water partition coefficient (Wildman–Crippen LogP) is 5.51. The van der Waals surface area contributed by atoms with Gasteiger partial charge in [0, 0.05) is 17.3 Å². The quantitative estimate of drug-likeness (QED) is 0.553. The summed E-state index contributed by atoms with van der Waals surface area (Å²) in [6, 6.07) is 2.12. The molecule has 0 amide bonds. The Balaban J connectivity index is 1.69. The van der Waals surface area contributed by atoms with Crippen LogP contribution in [0.1, 0.15) is 79.6 Å². The van der Waals surface area contributed by atoms with E-state index >= 15 is 0 Å². The molecule has 5 nitrogen and oxygen atoms in total. The monoisotopic (exact) mass is 463 g/mol. The number of ketones is 2. The van der Waals surface area contributed by atoms with Gasteiger partial charge in [-0.2, -0.15) is 5.26 Å². The van der Waals surface area contributed by atoms with Crippen LogP contribution >= 0.6 is 0 Å². The maximum atomic E-state index is 14.0. The summed E-state index contributed by atoms with van der Waals surface area (Å²) in [4.78, 5) is 39.5. The number of rotatable bonds is 1. The highest BCUT2D eigenvalue weighted by Gasteiger charge is 2.69. The molecule has 5 aliphatic carbocycles. The third kappa shape index (κ3) is 2.63. The van der Waals surface area contributed by atoms with Crippen molar-refractivity contribution in [3.05, 3.63) is 23.3 Å². The maximum absolute atomic E-state index is 14.0. The second kappa shape index (κ2) is 7.15. The van der Waals surface area contributed by atoms with Gasteiger partial charge in [-0.05, 0) is 79.6 Å². The van der Waals surface area contributed by atoms with Crippen LogP contribution < -0.4 is 0 Å². The predicted molar refractivity (Wildman–Crippen MR) is 127 cm³/mol. The molecular weight excluding hydrogens is 426 g/mol. The molecular formula is C29H37NO4. The smallest absolute Gasteiger partial charge is 0.309 e. The average Bonchev–Trinajstić information content (AvgIpc) is 2.78. The van der Waals surface area contributed by atoms with Crippen molar-refractivity contribution in [2.75, 3.05) is 0 Å². The standard InChI is InChI=1S/C29H37NO4/c1-16-6-9-29(25(33)34)11-10-28(5)23(20(29)12-16)21(31)13-22-26(3)14-18(15-30)24(32)17(2)19(26)7-8-27(22,28)4/h13-14,16-17,19-20,23H,6-12H2,1-5H3,(H,33,34)/t16?,17?,19?,20?,23?,26?,27?,28-,29?/m1/s1. The number of carboxylic acids is 1. The summed E-state index contributed by atoms with van der Waals surface area (Å²) in [5.41, 5.74) is -0.650. The molecule has 0 bridgehead atoms. The van der Waals surface area contributed by atoms with Crippen LogP contribution in [-0.4, -0.2) is 22.6 Å². The zero-order valence-corrected chi connectivity index (χ0v) is 21.1. The number of carbonyl (C=O) groups is 3. The van der Waals surface area contributed by atoms with Gasteiger partial charge in [0.15, 0.2) is 11.6 Å². The van der Waals surface area contributed by atoms with Crippen molar-refractivity contribution < 1.29 is 19.5 Å². The largest absolute Gasteiger partial charge is 0.481 e. The van der Waals surface area contributed by atoms with Crippen molar-refractivity contribution in [2.45, 2.75) is 79.6 Å². The highest BCUT2D eigenvalue weighted by molar-refractivity contribution is 6.02. The fraction of sp³-hybridized carbons (Fsp3) is 0.724. The molecule has 8 unspecified atom stereocenters. The Kier molecular flexibility index (Phi) is 4.95. The highest BCUT2D eigenvalue weighted by atomic mass is 16.4. The number of carbonyl (C=O) groups excluding carboxylic acids is 2. The molecule has 1 N–H and O–H groups in total. The van der Waals surface area contributed by atoms with E-state index in [1.54, 1.807) is 0 Å². The molecule has 3 saturated carbocycles. The molecule has 0 aromatic rings. The summed E-state index contributed by atoms with van der Waals surface area (Å²) in [5, 5.41) is 20.1. The molecule has 0 radical (unpaired) electrons. The molecule has 5 heteroatoms. The van der Waals surface area contributed by atoms with Crippen molar-refractivity contribution in [3.63, 3.8) is 0 Å². The molecule has 0 aromatic heterocycles. The number of carboxylic acid groups (broad SMARTS) is 1. The molecule has 182 valence electrons. The summed E-state index contributed by atoms with van der Waals surface area (Å²) in [6.07, 6.45) is 9.15. The van der Waals surface area contributed by atoms with Crippen LogP contribution in [0.15, 0.2) is 23.3 Å². The van der Waals surface area contributed by atoms with E-state index in [0.717, 1.165) is 37.7 Å². The molecule has 0 saturated heterocycles. The zero-order valence-electron chi connectivity index (χ0n) is 21.1. The number of nitriles is 1. The van der Waals surface area contributed by atoms with E-state index in [9.17, 15) is 24.8 Å². The number of hydrogen-bond acceptors (Lipinski definition) is 4. The van der Waals surface area contributed by atoms with E-state index in [1.807, 2.05) is 19.1 Å². The molecule has 0 spiro atoms. The first-order valence-corrected chi connectivity index (χ1v) is 13.0. The fourth-order valence-corrected chi connectivity index (χ4v) is 9.47. The van der Waals surface area contributed by atoms with Crippen LogP contribution in [0.5, 0.6) is 0 Å². The topological polar surface area (TPSA) is 95.2 Å². The van der Waals surface area contributed by atoms with E-state index in [1.165, 1.54) is 0 Å². The van der Waals surface area contributed by atoms with Crippen LogP contribution in [0, 0.1) is 62.6 Å². The number of hydrogen-bond donors (Lipinski definition) is 1. The third-order valence-corrected chi connectivity index (χ3v) is 11.7. The van der Waals surface area contributed by atoms with Crippen LogP contribution in [-0.2, 0) is 14.4 Å². The maximum Gasteiger partial charge on any atom is 0.309 e. The second-order valence-electron chi connectivity index (χ2n) is 12.9. The van der Waals surface area contributed by atoms with E-state index < -0.39 is 16.8 Å². The molecule has 0 heterocycles. The number of aliphatic carboxylic acids is 1. The van der Waals surface area contributed by atoms with Crippen LogP contribution in [0.3, 0.4) is 0 Å². The summed E-state index contributed by atoms with van der Waals surface area (Å²) < 4.78 is 0. The van der Waals surface area contributed by atoms with Crippen LogP contribution in [0.2, 0.25) is 0 Å². The van der Waals surface area contributed by atoms with Crippen LogP contribution in [0.4, 0.5) is 0 Å². The Labute approximate surface area is 202 Å². The highest BCUT2D eigenvalue weighted by Crippen LogP contribution is 2.73. The van der Waals surface area contributed by atoms with Gasteiger partial charge in [0.25, 0.3) is 0 Å². The molecule has 5 rings (SSSR count). The number of Topliss-reactive ketones (excluding diaryl/α,β-unsaturated/α-hetero) is 1. The second-order valence-corrected chi connectivity index (χ2v) is 12.9. The Bertz CT molecular complexity index is 1100. The van der Waals surface area contributed by atoms with Crippen molar-refractivity contribution in [1.82, 2.24) is 0 Å². The molecule has 0 aromatic carbocycles. The van der Waals surface area contributed by atoms with Crippen molar-refractivity contribution in [1.29, 1.82) is 5.26 Å². The number of allylic oxidation sites excluding steroid dienone is 4. The Morgan fingerprint density at radius 1 is 1.06 bits per heavy atom. The van der Waals surface area contributed by atoms with Gasteiger partial charge in [0.2, 0.25) is 0 Å². The van der Waals surface area contributed by atoms with Gasteiger partial charge in [-0.15, -0.1) is 0 Å². The first-order chi connectivity index (χ1) is 15.9. The van der Waals surface area contributed by atoms with Crippen LogP contribution in [0.25, 0.3) is 0 Å². The SMILES string of the molecule is CC1CCC2(C(=O)O)CC[C@]3(C)C(C(=O)C=C4C5(C)C=C(C#N)C(=O)C(C)C5CCC43C)C2C1. The minimum Gasteiger partial charge on any atom is -0.481 e. The molecule has 3 fully saturated rings. The Morgan fingerprint density at radius 3 is 2.41 bits per heavy atom. The first kappa shape index (κ1) is 23.5. The van der Waals surface area contributed by atoms with E-state index in [-0.39, 0.29) is 51.6 Å². The first-order valence-electron chi connectivity index (χ1n) is 13.0. The minimum absolute atomic E-state index is 0.0673. The summed E-state index contributed by atoms with van der Waals surface area (Å²) in [6.45, 7) is 10.8. The van der Waals surface area contributed by atoms with Gasteiger partial charge < -0.3 is 5.11 Å². The summed E-state index contributed by atoms with van der Waals surface area (Å²) >= 11 is 0. The third-order valence-electron chi connectivity index (χ3n) is 11.7. The Hall–Kier alpha value is -2.22.